The van der Waals surface area contributed by atoms with Gasteiger partial charge in [-0.15, -0.1) is 11.3 Å². The van der Waals surface area contributed by atoms with Gasteiger partial charge in [-0.3, -0.25) is 4.79 Å². The number of rotatable bonds is 8. The largest absolute Gasteiger partial charge is 0.494 e. The van der Waals surface area contributed by atoms with Crippen molar-refractivity contribution in [3.05, 3.63) is 29.1 Å². The van der Waals surface area contributed by atoms with Crippen LogP contribution < -0.4 is 4.74 Å². The number of hydrogen-bond donors (Lipinski definition) is 0. The number of likely N-dealkylation sites (N-methyl/N-ethyl adjacent to an activating group) is 1. The first kappa shape index (κ1) is 18.2. The zero-order chi connectivity index (χ0) is 16.8. The number of halogens is 1. The topological polar surface area (TPSA) is 32.8 Å². The highest BCUT2D eigenvalue weighted by Gasteiger charge is 2.23. The predicted octanol–water partition coefficient (Wildman–Crippen LogP) is 4.05. The second kappa shape index (κ2) is 8.66. The number of amides is 1. The summed E-state index contributed by atoms with van der Waals surface area (Å²) in [4.78, 5) is 17.7. The lowest BCUT2D eigenvalue weighted by Gasteiger charge is -2.24. The normalized spacial score (nSPS) is 11.2. The van der Waals surface area contributed by atoms with Crippen molar-refractivity contribution >= 4 is 43.3 Å². The van der Waals surface area contributed by atoms with E-state index in [1.165, 1.54) is 11.3 Å². The number of benzene rings is 1. The van der Waals surface area contributed by atoms with Crippen LogP contribution in [0.25, 0.3) is 10.1 Å². The molecule has 0 saturated heterocycles. The third-order valence-corrected chi connectivity index (χ3v) is 5.71. The van der Waals surface area contributed by atoms with E-state index in [2.05, 4.69) is 34.7 Å². The van der Waals surface area contributed by atoms with Crippen molar-refractivity contribution in [1.82, 2.24) is 9.80 Å². The van der Waals surface area contributed by atoms with E-state index >= 15 is 0 Å². The van der Waals surface area contributed by atoms with Gasteiger partial charge in [-0.1, -0.05) is 41.9 Å². The molecule has 0 unspecified atom stereocenters. The number of carbonyl (C=O) groups excluding carboxylic acids is 1. The van der Waals surface area contributed by atoms with Crippen LogP contribution in [0.15, 0.2) is 24.3 Å². The summed E-state index contributed by atoms with van der Waals surface area (Å²) in [6, 6.07) is 7.97. The lowest BCUT2D eigenvalue weighted by Crippen LogP contribution is -2.37. The lowest BCUT2D eigenvalue weighted by molar-refractivity contribution is 0.0774. The molecule has 126 valence electrons. The molecule has 2 rings (SSSR count). The number of carbonyl (C=O) groups is 1. The van der Waals surface area contributed by atoms with Gasteiger partial charge >= 0.3 is 0 Å². The highest BCUT2D eigenvalue weighted by Crippen LogP contribution is 2.38. The van der Waals surface area contributed by atoms with Crippen LogP contribution in [0.2, 0.25) is 0 Å². The number of thiophene rings is 1. The molecule has 1 aromatic heterocycles. The van der Waals surface area contributed by atoms with E-state index in [9.17, 15) is 4.79 Å². The second-order valence-electron chi connectivity index (χ2n) is 5.18. The standard InChI is InChI=1S/C17H23BrN2O2S/c1-4-19(5-2)10-11-20(12-18)17(21)16-15(22-3)13-8-6-7-9-14(13)23-16/h6-9H,4-5,10-12H2,1-3H3. The fraction of sp³-hybridized carbons (Fsp3) is 0.471. The van der Waals surface area contributed by atoms with Crippen molar-refractivity contribution in [2.75, 3.05) is 38.7 Å². The van der Waals surface area contributed by atoms with Crippen LogP contribution in [0.1, 0.15) is 23.5 Å². The van der Waals surface area contributed by atoms with E-state index in [0.29, 0.717) is 22.6 Å². The third kappa shape index (κ3) is 4.05. The number of alkyl halides is 1. The minimum atomic E-state index is 0.0204. The average Bonchev–Trinajstić information content (AvgIpc) is 2.97. The smallest absolute Gasteiger partial charge is 0.268 e. The Bertz CT molecular complexity index is 655. The Kier molecular flexibility index (Phi) is 6.87. The highest BCUT2D eigenvalue weighted by molar-refractivity contribution is 9.09. The van der Waals surface area contributed by atoms with Gasteiger partial charge in [0, 0.05) is 23.2 Å². The van der Waals surface area contributed by atoms with Gasteiger partial charge < -0.3 is 14.5 Å². The minimum Gasteiger partial charge on any atom is -0.494 e. The third-order valence-electron chi connectivity index (χ3n) is 3.96. The molecule has 0 aliphatic rings. The van der Waals surface area contributed by atoms with Crippen molar-refractivity contribution in [2.24, 2.45) is 0 Å². The van der Waals surface area contributed by atoms with Gasteiger partial charge in [-0.05, 0) is 25.2 Å². The van der Waals surface area contributed by atoms with Crippen LogP contribution in [-0.2, 0) is 0 Å². The van der Waals surface area contributed by atoms with Crippen LogP contribution in [0, 0.1) is 0 Å². The van der Waals surface area contributed by atoms with E-state index in [4.69, 9.17) is 4.74 Å². The molecule has 1 heterocycles. The van der Waals surface area contributed by atoms with E-state index in [0.717, 1.165) is 29.7 Å². The Labute approximate surface area is 150 Å². The van der Waals surface area contributed by atoms with Crippen molar-refractivity contribution in [3.8, 4) is 5.75 Å². The van der Waals surface area contributed by atoms with Crippen molar-refractivity contribution in [3.63, 3.8) is 0 Å². The van der Waals surface area contributed by atoms with Gasteiger partial charge in [-0.2, -0.15) is 0 Å². The summed E-state index contributed by atoms with van der Waals surface area (Å²) >= 11 is 4.94. The molecule has 0 aliphatic carbocycles. The molecule has 0 atom stereocenters. The van der Waals surface area contributed by atoms with Crippen LogP contribution in [0.4, 0.5) is 0 Å². The van der Waals surface area contributed by atoms with Crippen molar-refractivity contribution in [1.29, 1.82) is 0 Å². The van der Waals surface area contributed by atoms with E-state index in [1.807, 2.05) is 29.2 Å². The van der Waals surface area contributed by atoms with Gasteiger partial charge in [-0.25, -0.2) is 0 Å². The predicted molar refractivity (Wildman–Crippen MR) is 101 cm³/mol. The summed E-state index contributed by atoms with van der Waals surface area (Å²) in [6.07, 6.45) is 0. The summed E-state index contributed by atoms with van der Waals surface area (Å²) in [5.41, 5.74) is 0.518. The van der Waals surface area contributed by atoms with Crippen LogP contribution in [-0.4, -0.2) is 54.4 Å². The number of ether oxygens (including phenoxy) is 1. The zero-order valence-corrected chi connectivity index (χ0v) is 16.2. The molecule has 0 spiro atoms. The molecule has 0 N–H and O–H groups in total. The van der Waals surface area contributed by atoms with Crippen LogP contribution in [0.5, 0.6) is 5.75 Å². The van der Waals surface area contributed by atoms with E-state index < -0.39 is 0 Å². The lowest BCUT2D eigenvalue weighted by atomic mass is 10.2. The molecule has 0 saturated carbocycles. The second-order valence-corrected chi connectivity index (χ2v) is 6.73. The van der Waals surface area contributed by atoms with E-state index in [1.54, 1.807) is 7.11 Å². The number of fused-ring (bicyclic) bond motifs is 1. The average molecular weight is 399 g/mol. The van der Waals surface area contributed by atoms with Gasteiger partial charge in [0.2, 0.25) is 0 Å². The summed E-state index contributed by atoms with van der Waals surface area (Å²) in [5.74, 6) is 0.705. The molecular formula is C17H23BrN2O2S. The summed E-state index contributed by atoms with van der Waals surface area (Å²) in [5, 5.41) is 1.00. The first-order valence-electron chi connectivity index (χ1n) is 7.79. The van der Waals surface area contributed by atoms with Crippen LogP contribution in [0.3, 0.4) is 0 Å². The summed E-state index contributed by atoms with van der Waals surface area (Å²) < 4.78 is 6.59. The molecule has 2 aromatic rings. The van der Waals surface area contributed by atoms with Gasteiger partial charge in [0.1, 0.15) is 10.6 Å². The van der Waals surface area contributed by atoms with Crippen LogP contribution >= 0.6 is 27.3 Å². The number of methoxy groups -OCH3 is 1. The Morgan fingerprint density at radius 3 is 2.52 bits per heavy atom. The zero-order valence-electron chi connectivity index (χ0n) is 13.8. The summed E-state index contributed by atoms with van der Waals surface area (Å²) in [7, 11) is 1.62. The molecule has 1 amide bonds. The van der Waals surface area contributed by atoms with Crippen molar-refractivity contribution < 1.29 is 9.53 Å². The summed E-state index contributed by atoms with van der Waals surface area (Å²) in [6.45, 7) is 7.83. The number of nitrogens with zero attached hydrogens (tertiary/aromatic N) is 2. The molecule has 4 nitrogen and oxygen atoms in total. The molecule has 0 bridgehead atoms. The maximum absolute atomic E-state index is 12.9. The Morgan fingerprint density at radius 2 is 1.91 bits per heavy atom. The maximum Gasteiger partial charge on any atom is 0.268 e. The van der Waals surface area contributed by atoms with E-state index in [-0.39, 0.29) is 5.91 Å². The first-order valence-corrected chi connectivity index (χ1v) is 9.73. The Morgan fingerprint density at radius 1 is 1.22 bits per heavy atom. The van der Waals surface area contributed by atoms with Gasteiger partial charge in [0.25, 0.3) is 5.91 Å². The SMILES string of the molecule is CCN(CC)CCN(CBr)C(=O)c1sc2ccccc2c1OC. The molecular weight excluding hydrogens is 376 g/mol. The molecule has 23 heavy (non-hydrogen) atoms. The quantitative estimate of drug-likeness (QED) is 0.496. The van der Waals surface area contributed by atoms with Gasteiger partial charge in [0.05, 0.1) is 12.6 Å². The Hall–Kier alpha value is -1.11. The van der Waals surface area contributed by atoms with Gasteiger partial charge in [0.15, 0.2) is 0 Å². The fourth-order valence-electron chi connectivity index (χ4n) is 2.53. The van der Waals surface area contributed by atoms with Crippen molar-refractivity contribution in [2.45, 2.75) is 13.8 Å². The molecule has 0 radical (unpaired) electrons. The maximum atomic E-state index is 12.9. The molecule has 1 aromatic carbocycles. The monoisotopic (exact) mass is 398 g/mol. The molecule has 0 fully saturated rings. The first-order chi connectivity index (χ1) is 11.2. The fourth-order valence-corrected chi connectivity index (χ4v) is 4.14. The minimum absolute atomic E-state index is 0.0204. The highest BCUT2D eigenvalue weighted by atomic mass is 79.9. The molecule has 6 heteroatoms. The Balaban J connectivity index is 2.23. The number of hydrogen-bond acceptors (Lipinski definition) is 4. The molecule has 0 aliphatic heterocycles.